The number of methoxy groups -OCH3 is 1. The zero-order valence-electron chi connectivity index (χ0n) is 29.6. The number of amides is 2. The minimum absolute atomic E-state index is 0.00268. The zero-order chi connectivity index (χ0) is 34.6. The van der Waals surface area contributed by atoms with Gasteiger partial charge in [-0.15, -0.1) is 0 Å². The van der Waals surface area contributed by atoms with Crippen molar-refractivity contribution in [3.05, 3.63) is 84.1 Å². The molecule has 1 aliphatic heterocycles. The van der Waals surface area contributed by atoms with E-state index in [-0.39, 0.29) is 23.5 Å². The quantitative estimate of drug-likeness (QED) is 0.189. The van der Waals surface area contributed by atoms with E-state index in [0.717, 1.165) is 57.4 Å². The lowest BCUT2D eigenvalue weighted by Gasteiger charge is -2.33. The summed E-state index contributed by atoms with van der Waals surface area (Å²) in [5.41, 5.74) is 3.61. The summed E-state index contributed by atoms with van der Waals surface area (Å²) in [6.45, 7) is 15.5. The Bertz CT molecular complexity index is 1750. The van der Waals surface area contributed by atoms with Crippen LogP contribution in [0.3, 0.4) is 0 Å². The molecule has 1 aromatic heterocycles. The Kier molecular flexibility index (Phi) is 10.3. The van der Waals surface area contributed by atoms with E-state index in [1.54, 1.807) is 18.2 Å². The largest absolute Gasteiger partial charge is 0.496 e. The minimum atomic E-state index is -0.516. The van der Waals surface area contributed by atoms with Crippen LogP contribution in [0.15, 0.2) is 72.9 Å². The van der Waals surface area contributed by atoms with Crippen molar-refractivity contribution in [1.29, 1.82) is 0 Å². The predicted molar refractivity (Wildman–Crippen MR) is 192 cm³/mol. The van der Waals surface area contributed by atoms with Crippen LogP contribution in [0.2, 0.25) is 0 Å². The number of hydrogen-bond acceptors (Lipinski definition) is 6. The molecule has 5 rings (SSSR count). The molecule has 3 aromatic carbocycles. The maximum absolute atomic E-state index is 13.9. The van der Waals surface area contributed by atoms with Gasteiger partial charge in [0.25, 0.3) is 0 Å². The van der Waals surface area contributed by atoms with Crippen molar-refractivity contribution in [1.82, 2.24) is 9.88 Å². The molecule has 0 bridgehead atoms. The van der Waals surface area contributed by atoms with Crippen molar-refractivity contribution < 1.29 is 23.8 Å². The Hall–Kier alpha value is -4.59. The van der Waals surface area contributed by atoms with E-state index >= 15 is 0 Å². The van der Waals surface area contributed by atoms with Crippen LogP contribution in [-0.4, -0.2) is 53.8 Å². The summed E-state index contributed by atoms with van der Waals surface area (Å²) < 4.78 is 17.3. The first-order valence-electron chi connectivity index (χ1n) is 16.8. The van der Waals surface area contributed by atoms with Crippen LogP contribution in [-0.2, 0) is 16.1 Å². The lowest BCUT2D eigenvalue weighted by atomic mass is 9.91. The summed E-state index contributed by atoms with van der Waals surface area (Å²) in [6, 6.07) is 22.4. The second kappa shape index (κ2) is 14.3. The molecule has 1 fully saturated rings. The SMILES string of the molecule is COc1ccc(-c2ccc(CN(C(=O)CC(C)(C)C)c3nccc4cc(OC5CCN(C(=O)OC(C)(C)C)CC5)ccc34)cc2)cc1C. The normalized spacial score (nSPS) is 14.1. The maximum Gasteiger partial charge on any atom is 0.410 e. The molecule has 1 aliphatic rings. The number of carbonyl (C=O) groups is 2. The number of rotatable bonds is 8. The smallest absolute Gasteiger partial charge is 0.410 e. The number of anilines is 1. The first kappa shape index (κ1) is 34.7. The van der Waals surface area contributed by atoms with Gasteiger partial charge in [-0.1, -0.05) is 51.1 Å². The first-order chi connectivity index (χ1) is 22.7. The third kappa shape index (κ3) is 8.85. The molecule has 48 heavy (non-hydrogen) atoms. The number of pyridine rings is 1. The van der Waals surface area contributed by atoms with Gasteiger partial charge in [0.05, 0.1) is 13.7 Å². The molecule has 0 N–H and O–H groups in total. The molecule has 4 aromatic rings. The van der Waals surface area contributed by atoms with Crippen LogP contribution in [0.4, 0.5) is 10.6 Å². The summed E-state index contributed by atoms with van der Waals surface area (Å²) in [7, 11) is 1.68. The van der Waals surface area contributed by atoms with Crippen LogP contribution >= 0.6 is 0 Å². The molecular weight excluding hydrogens is 602 g/mol. The number of ether oxygens (including phenoxy) is 3. The van der Waals surface area contributed by atoms with Gasteiger partial charge in [-0.05, 0) is 97.1 Å². The van der Waals surface area contributed by atoms with Gasteiger partial charge in [0, 0.05) is 43.9 Å². The van der Waals surface area contributed by atoms with Crippen LogP contribution in [0.1, 0.15) is 71.9 Å². The molecule has 8 heteroatoms. The zero-order valence-corrected chi connectivity index (χ0v) is 29.6. The monoisotopic (exact) mass is 651 g/mol. The molecule has 1 saturated heterocycles. The predicted octanol–water partition coefficient (Wildman–Crippen LogP) is 8.97. The highest BCUT2D eigenvalue weighted by Crippen LogP contribution is 2.33. The second-order valence-corrected chi connectivity index (χ2v) is 14.9. The van der Waals surface area contributed by atoms with Gasteiger partial charge in [0.2, 0.25) is 5.91 Å². The van der Waals surface area contributed by atoms with Crippen LogP contribution in [0.25, 0.3) is 21.9 Å². The molecule has 0 atom stereocenters. The summed E-state index contributed by atoms with van der Waals surface area (Å²) in [5, 5.41) is 1.83. The summed E-state index contributed by atoms with van der Waals surface area (Å²) in [6.07, 6.45) is 3.32. The van der Waals surface area contributed by atoms with Crippen molar-refractivity contribution in [3.8, 4) is 22.6 Å². The van der Waals surface area contributed by atoms with E-state index in [2.05, 4.69) is 57.2 Å². The van der Waals surface area contributed by atoms with Crippen LogP contribution < -0.4 is 14.4 Å². The average Bonchev–Trinajstić information content (AvgIpc) is 3.02. The Labute approximate surface area is 285 Å². The molecule has 0 saturated carbocycles. The average molecular weight is 652 g/mol. The molecule has 254 valence electrons. The summed E-state index contributed by atoms with van der Waals surface area (Å²) >= 11 is 0. The molecule has 0 unspecified atom stereocenters. The molecule has 8 nitrogen and oxygen atoms in total. The van der Waals surface area contributed by atoms with Crippen molar-refractivity contribution >= 4 is 28.6 Å². The van der Waals surface area contributed by atoms with Crippen molar-refractivity contribution in [2.24, 2.45) is 5.41 Å². The van der Waals surface area contributed by atoms with Crippen LogP contribution in [0.5, 0.6) is 11.5 Å². The third-order valence-electron chi connectivity index (χ3n) is 8.37. The fraction of sp³-hybridized carbons (Fsp3) is 0.425. The van der Waals surface area contributed by atoms with Crippen LogP contribution in [0, 0.1) is 12.3 Å². The Morgan fingerprint density at radius 3 is 2.21 bits per heavy atom. The van der Waals surface area contributed by atoms with E-state index in [4.69, 9.17) is 19.2 Å². The number of piperidine rings is 1. The molecule has 0 radical (unpaired) electrons. The Morgan fingerprint density at radius 2 is 1.58 bits per heavy atom. The van der Waals surface area contributed by atoms with Crippen molar-refractivity contribution in [2.45, 2.75) is 86.0 Å². The fourth-order valence-electron chi connectivity index (χ4n) is 5.98. The number of hydrogen-bond donors (Lipinski definition) is 0. The lowest BCUT2D eigenvalue weighted by molar-refractivity contribution is -0.120. The van der Waals surface area contributed by atoms with E-state index in [9.17, 15) is 9.59 Å². The first-order valence-corrected chi connectivity index (χ1v) is 16.8. The number of carbonyl (C=O) groups excluding carboxylic acids is 2. The molecule has 2 heterocycles. The van der Waals surface area contributed by atoms with E-state index < -0.39 is 5.60 Å². The Morgan fingerprint density at radius 1 is 0.896 bits per heavy atom. The topological polar surface area (TPSA) is 81.2 Å². The lowest BCUT2D eigenvalue weighted by Crippen LogP contribution is -2.44. The van der Waals surface area contributed by atoms with Crippen molar-refractivity contribution in [2.75, 3.05) is 25.1 Å². The number of fused-ring (bicyclic) bond motifs is 1. The van der Waals surface area contributed by atoms with Gasteiger partial charge < -0.3 is 19.1 Å². The molecule has 2 amide bonds. The number of aromatic nitrogens is 1. The van der Waals surface area contributed by atoms with Gasteiger partial charge in [-0.25, -0.2) is 9.78 Å². The summed E-state index contributed by atoms with van der Waals surface area (Å²) in [5.74, 6) is 2.28. The Balaban J connectivity index is 1.34. The molecule has 0 spiro atoms. The fourth-order valence-corrected chi connectivity index (χ4v) is 5.98. The number of benzene rings is 3. The summed E-state index contributed by atoms with van der Waals surface area (Å²) in [4.78, 5) is 34.7. The van der Waals surface area contributed by atoms with E-state index in [1.807, 2.05) is 62.9 Å². The molecule has 0 aliphatic carbocycles. The highest BCUT2D eigenvalue weighted by Gasteiger charge is 2.28. The van der Waals surface area contributed by atoms with Gasteiger partial charge >= 0.3 is 6.09 Å². The molecular formula is C40H49N3O5. The minimum Gasteiger partial charge on any atom is -0.496 e. The van der Waals surface area contributed by atoms with Gasteiger partial charge in [0.1, 0.15) is 29.0 Å². The maximum atomic E-state index is 13.9. The highest BCUT2D eigenvalue weighted by atomic mass is 16.6. The third-order valence-corrected chi connectivity index (χ3v) is 8.37. The second-order valence-electron chi connectivity index (χ2n) is 14.9. The number of likely N-dealkylation sites (tertiary alicyclic amines) is 1. The van der Waals surface area contributed by atoms with Gasteiger partial charge in [-0.2, -0.15) is 0 Å². The van der Waals surface area contributed by atoms with E-state index in [0.29, 0.717) is 31.9 Å². The van der Waals surface area contributed by atoms with Gasteiger partial charge in [-0.3, -0.25) is 9.69 Å². The number of aryl methyl sites for hydroxylation is 1. The highest BCUT2D eigenvalue weighted by molar-refractivity contribution is 6.02. The standard InChI is InChI=1S/C40H49N3O5/c1-27-23-30(13-16-35(27)46-8)29-11-9-28(10-12-29)26-43(36(44)25-39(2,3)4)37-34-15-14-33(24-31(34)17-20-41-37)47-32-18-21-42(22-19-32)38(45)48-40(5,6)7/h9-17,20,23-24,32H,18-19,21-22,25-26H2,1-8H3. The van der Waals surface area contributed by atoms with Gasteiger partial charge in [0.15, 0.2) is 0 Å². The number of nitrogens with zero attached hydrogens (tertiary/aromatic N) is 3. The van der Waals surface area contributed by atoms with E-state index in [1.165, 1.54) is 0 Å². The van der Waals surface area contributed by atoms with Crippen molar-refractivity contribution in [3.63, 3.8) is 0 Å².